The monoisotopic (exact) mass is 378 g/mol. The molecule has 7 heteroatoms. The number of anilines is 1. The summed E-state index contributed by atoms with van der Waals surface area (Å²) in [5, 5.41) is 27.3. The smallest absolute Gasteiger partial charge is 0.244 e. The Morgan fingerprint density at radius 2 is 2.00 bits per heavy atom. The number of fused-ring (bicyclic) bond motifs is 1. The van der Waals surface area contributed by atoms with Crippen molar-refractivity contribution in [1.82, 2.24) is 24.7 Å². The number of nitrogens with one attached hydrogen (secondary N) is 1. The molecule has 1 aliphatic carbocycles. The lowest BCUT2D eigenvalue weighted by molar-refractivity contribution is 0.0989. The first-order valence-corrected chi connectivity index (χ1v) is 10.2. The van der Waals surface area contributed by atoms with Crippen LogP contribution in [0.1, 0.15) is 37.7 Å². The molecule has 1 atom stereocenters. The van der Waals surface area contributed by atoms with Gasteiger partial charge < -0.3 is 10.4 Å². The van der Waals surface area contributed by atoms with Crippen molar-refractivity contribution >= 4 is 11.5 Å². The van der Waals surface area contributed by atoms with Crippen LogP contribution < -0.4 is 5.32 Å². The molecule has 1 saturated heterocycles. The highest BCUT2D eigenvalue weighted by atomic mass is 16.3. The van der Waals surface area contributed by atoms with E-state index in [2.05, 4.69) is 25.5 Å². The van der Waals surface area contributed by atoms with Crippen molar-refractivity contribution in [3.05, 3.63) is 36.0 Å². The Balaban J connectivity index is 1.43. The Morgan fingerprint density at radius 3 is 2.79 bits per heavy atom. The molecule has 146 valence electrons. The summed E-state index contributed by atoms with van der Waals surface area (Å²) in [4.78, 5) is 2.62. The maximum atomic E-state index is 10.4. The highest BCUT2D eigenvalue weighted by molar-refractivity contribution is 5.80. The van der Waals surface area contributed by atoms with E-state index in [0.717, 1.165) is 30.1 Å². The normalized spacial score (nSPS) is 21.0. The number of piperidine rings is 1. The van der Waals surface area contributed by atoms with Crippen molar-refractivity contribution in [1.29, 1.82) is 0 Å². The molecule has 0 unspecified atom stereocenters. The second-order valence-corrected chi connectivity index (χ2v) is 8.08. The van der Waals surface area contributed by atoms with Gasteiger partial charge in [0, 0.05) is 24.2 Å². The highest BCUT2D eigenvalue weighted by Gasteiger charge is 2.30. The van der Waals surface area contributed by atoms with E-state index in [1.54, 1.807) is 16.8 Å². The molecular weight excluding hydrogens is 352 g/mol. The molecular formula is C21H26N6O. The lowest BCUT2D eigenvalue weighted by Crippen LogP contribution is -2.49. The van der Waals surface area contributed by atoms with Gasteiger partial charge >= 0.3 is 0 Å². The lowest BCUT2D eigenvalue weighted by atomic mass is 9.89. The van der Waals surface area contributed by atoms with Gasteiger partial charge in [-0.1, -0.05) is 12.5 Å². The molecule has 5 rings (SSSR count). The quantitative estimate of drug-likeness (QED) is 0.726. The van der Waals surface area contributed by atoms with Crippen molar-refractivity contribution in [2.24, 2.45) is 0 Å². The van der Waals surface area contributed by atoms with E-state index < -0.39 is 0 Å². The van der Waals surface area contributed by atoms with Gasteiger partial charge in [0.1, 0.15) is 11.4 Å². The molecule has 1 aromatic carbocycles. The zero-order chi connectivity index (χ0) is 19.1. The number of aromatic hydroxyl groups is 1. The van der Waals surface area contributed by atoms with E-state index in [1.807, 2.05) is 25.1 Å². The maximum Gasteiger partial charge on any atom is 0.244 e. The summed E-state index contributed by atoms with van der Waals surface area (Å²) in [7, 11) is 0. The van der Waals surface area contributed by atoms with Crippen LogP contribution in [-0.4, -0.2) is 55.0 Å². The van der Waals surface area contributed by atoms with Crippen molar-refractivity contribution in [2.45, 2.75) is 51.1 Å². The summed E-state index contributed by atoms with van der Waals surface area (Å²) in [5.41, 5.74) is 3.15. The van der Waals surface area contributed by atoms with Gasteiger partial charge in [0.15, 0.2) is 0 Å². The number of phenols is 1. The number of aryl methyl sites for hydroxylation is 1. The SMILES string of the molecule is Cc1ccc(-c2nnc(N[C@@H]3CCCN(C4CCC4)C3)n3nccc23)c(O)c1. The van der Waals surface area contributed by atoms with E-state index in [-0.39, 0.29) is 5.75 Å². The molecule has 3 aromatic rings. The van der Waals surface area contributed by atoms with Gasteiger partial charge in [0.25, 0.3) is 0 Å². The largest absolute Gasteiger partial charge is 0.507 e. The molecule has 0 bridgehead atoms. The van der Waals surface area contributed by atoms with Crippen LogP contribution in [0.3, 0.4) is 0 Å². The molecule has 2 N–H and O–H groups in total. The van der Waals surface area contributed by atoms with E-state index in [1.165, 1.54) is 32.2 Å². The van der Waals surface area contributed by atoms with Gasteiger partial charge in [-0.05, 0) is 62.9 Å². The number of hydrogen-bond acceptors (Lipinski definition) is 6. The fourth-order valence-corrected chi connectivity index (χ4v) is 4.36. The predicted molar refractivity (Wildman–Crippen MR) is 108 cm³/mol. The molecule has 0 radical (unpaired) electrons. The van der Waals surface area contributed by atoms with Gasteiger partial charge in [-0.2, -0.15) is 9.61 Å². The first kappa shape index (κ1) is 17.4. The van der Waals surface area contributed by atoms with Crippen molar-refractivity contribution < 1.29 is 5.11 Å². The first-order valence-electron chi connectivity index (χ1n) is 10.2. The van der Waals surface area contributed by atoms with Crippen molar-refractivity contribution in [2.75, 3.05) is 18.4 Å². The van der Waals surface area contributed by atoms with E-state index in [9.17, 15) is 5.11 Å². The molecule has 1 saturated carbocycles. The fraction of sp³-hybridized carbons (Fsp3) is 0.476. The Kier molecular flexibility index (Phi) is 4.39. The third kappa shape index (κ3) is 3.09. The summed E-state index contributed by atoms with van der Waals surface area (Å²) in [5.74, 6) is 0.873. The van der Waals surface area contributed by atoms with E-state index in [4.69, 9.17) is 0 Å². The van der Waals surface area contributed by atoms with Crippen LogP contribution in [0.25, 0.3) is 16.8 Å². The summed E-state index contributed by atoms with van der Waals surface area (Å²) < 4.78 is 1.80. The van der Waals surface area contributed by atoms with Crippen molar-refractivity contribution in [3.63, 3.8) is 0 Å². The Labute approximate surface area is 164 Å². The summed E-state index contributed by atoms with van der Waals surface area (Å²) in [6.45, 7) is 4.21. The summed E-state index contributed by atoms with van der Waals surface area (Å²) in [6.07, 6.45) is 8.13. The van der Waals surface area contributed by atoms with E-state index >= 15 is 0 Å². The van der Waals surface area contributed by atoms with Crippen LogP contribution in [0.4, 0.5) is 5.95 Å². The third-order valence-electron chi connectivity index (χ3n) is 6.12. The number of benzene rings is 1. The second kappa shape index (κ2) is 7.05. The number of hydrogen-bond donors (Lipinski definition) is 2. The minimum atomic E-state index is 0.210. The molecule has 2 aliphatic rings. The number of aromatic nitrogens is 4. The standard InChI is InChI=1S/C21H26N6O/c1-14-7-8-17(19(28)12-14)20-18-9-10-22-27(18)21(25-24-20)23-15-4-3-11-26(13-15)16-5-2-6-16/h7-10,12,15-16,28H,2-6,11,13H2,1H3,(H,23,25)/t15-/m1/s1. The average molecular weight is 378 g/mol. The van der Waals surface area contributed by atoms with Gasteiger partial charge in [-0.3, -0.25) is 4.90 Å². The summed E-state index contributed by atoms with van der Waals surface area (Å²) >= 11 is 0. The van der Waals surface area contributed by atoms with Crippen LogP contribution in [0, 0.1) is 6.92 Å². The zero-order valence-electron chi connectivity index (χ0n) is 16.2. The maximum absolute atomic E-state index is 10.4. The predicted octanol–water partition coefficient (Wildman–Crippen LogP) is 3.23. The molecule has 0 amide bonds. The van der Waals surface area contributed by atoms with Crippen LogP contribution in [-0.2, 0) is 0 Å². The fourth-order valence-electron chi connectivity index (χ4n) is 4.36. The third-order valence-corrected chi connectivity index (χ3v) is 6.12. The summed E-state index contributed by atoms with van der Waals surface area (Å²) in [6, 6.07) is 8.63. The van der Waals surface area contributed by atoms with E-state index in [0.29, 0.717) is 23.2 Å². The molecule has 0 spiro atoms. The van der Waals surface area contributed by atoms with Gasteiger partial charge in [-0.15, -0.1) is 10.2 Å². The lowest BCUT2D eigenvalue weighted by Gasteiger charge is -2.42. The Hall–Kier alpha value is -2.67. The highest BCUT2D eigenvalue weighted by Crippen LogP contribution is 2.32. The first-order chi connectivity index (χ1) is 13.7. The van der Waals surface area contributed by atoms with Crippen LogP contribution in [0.2, 0.25) is 0 Å². The van der Waals surface area contributed by atoms with Crippen LogP contribution in [0.15, 0.2) is 30.5 Å². The van der Waals surface area contributed by atoms with Gasteiger partial charge in [0.2, 0.25) is 5.95 Å². The van der Waals surface area contributed by atoms with Crippen LogP contribution >= 0.6 is 0 Å². The van der Waals surface area contributed by atoms with Gasteiger partial charge in [0.05, 0.1) is 11.7 Å². The number of phenolic OH excluding ortho intramolecular Hbond substituents is 1. The average Bonchev–Trinajstić information content (AvgIpc) is 3.12. The topological polar surface area (TPSA) is 78.6 Å². The number of rotatable bonds is 4. The molecule has 7 nitrogen and oxygen atoms in total. The zero-order valence-corrected chi connectivity index (χ0v) is 16.2. The van der Waals surface area contributed by atoms with Crippen molar-refractivity contribution in [3.8, 4) is 17.0 Å². The van der Waals surface area contributed by atoms with Gasteiger partial charge in [-0.25, -0.2) is 0 Å². The number of likely N-dealkylation sites (tertiary alicyclic amines) is 1. The minimum Gasteiger partial charge on any atom is -0.507 e. The molecule has 2 fully saturated rings. The molecule has 3 heterocycles. The second-order valence-electron chi connectivity index (χ2n) is 8.08. The molecule has 1 aliphatic heterocycles. The molecule has 28 heavy (non-hydrogen) atoms. The minimum absolute atomic E-state index is 0.210. The van der Waals surface area contributed by atoms with Crippen LogP contribution in [0.5, 0.6) is 5.75 Å². The molecule has 2 aromatic heterocycles. The Morgan fingerprint density at radius 1 is 1.11 bits per heavy atom. The number of nitrogens with zero attached hydrogens (tertiary/aromatic N) is 5. The Bertz CT molecular complexity index is 996.